The molecule has 6 nitrogen and oxygen atoms in total. The van der Waals surface area contributed by atoms with E-state index in [-0.39, 0.29) is 18.0 Å². The number of carboxylic acids is 1. The highest BCUT2D eigenvalue weighted by Crippen LogP contribution is 2.26. The number of carboxylic acid groups (broad SMARTS) is 1. The van der Waals surface area contributed by atoms with Crippen LogP contribution in [0.5, 0.6) is 0 Å². The van der Waals surface area contributed by atoms with Gasteiger partial charge in [0.05, 0.1) is 6.42 Å². The zero-order valence-corrected chi connectivity index (χ0v) is 9.17. The Labute approximate surface area is 98.1 Å². The number of nitrogens with zero attached hydrogens (tertiary/aromatic N) is 2. The Hall–Kier alpha value is -2.11. The van der Waals surface area contributed by atoms with Crippen molar-refractivity contribution in [3.8, 4) is 0 Å². The Morgan fingerprint density at radius 2 is 2.24 bits per heavy atom. The lowest BCUT2D eigenvalue weighted by atomic mass is 9.96. The summed E-state index contributed by atoms with van der Waals surface area (Å²) in [4.78, 5) is 27.3. The maximum Gasteiger partial charge on any atom is 0.303 e. The maximum absolute atomic E-state index is 11.0. The predicted octanol–water partition coefficient (Wildman–Crippen LogP) is 0.0914. The Balaban J connectivity index is 1.99. The van der Waals surface area contributed by atoms with E-state index in [0.29, 0.717) is 13.1 Å². The summed E-state index contributed by atoms with van der Waals surface area (Å²) >= 11 is 0. The van der Waals surface area contributed by atoms with Gasteiger partial charge in [-0.2, -0.15) is 0 Å². The summed E-state index contributed by atoms with van der Waals surface area (Å²) in [5.74, 6) is -1.16. The van der Waals surface area contributed by atoms with Crippen LogP contribution in [0.4, 0.5) is 5.69 Å². The Kier molecular flexibility index (Phi) is 2.95. The van der Waals surface area contributed by atoms with Crippen LogP contribution in [0.2, 0.25) is 0 Å². The number of amides is 1. The number of hydrogen-bond acceptors (Lipinski definition) is 4. The van der Waals surface area contributed by atoms with Crippen molar-refractivity contribution in [2.24, 2.45) is 11.7 Å². The fraction of sp³-hybridized carbons (Fsp3) is 0.364. The van der Waals surface area contributed by atoms with E-state index in [0.717, 1.165) is 5.69 Å². The minimum atomic E-state index is -0.776. The maximum atomic E-state index is 11.0. The predicted molar refractivity (Wildman–Crippen MR) is 60.7 cm³/mol. The molecule has 1 aromatic heterocycles. The number of pyridine rings is 1. The van der Waals surface area contributed by atoms with Gasteiger partial charge in [0.15, 0.2) is 0 Å². The van der Waals surface area contributed by atoms with Crippen LogP contribution in [-0.4, -0.2) is 35.1 Å². The first-order valence-corrected chi connectivity index (χ1v) is 5.29. The van der Waals surface area contributed by atoms with Crippen molar-refractivity contribution in [1.29, 1.82) is 0 Å². The van der Waals surface area contributed by atoms with E-state index in [1.165, 1.54) is 6.20 Å². The van der Waals surface area contributed by atoms with Crippen molar-refractivity contribution in [2.75, 3.05) is 18.0 Å². The lowest BCUT2D eigenvalue weighted by Crippen LogP contribution is -2.47. The molecule has 2 heterocycles. The van der Waals surface area contributed by atoms with Crippen LogP contribution in [-0.2, 0) is 4.79 Å². The van der Waals surface area contributed by atoms with Gasteiger partial charge in [-0.3, -0.25) is 14.6 Å². The fourth-order valence-electron chi connectivity index (χ4n) is 1.91. The number of aromatic nitrogens is 1. The van der Waals surface area contributed by atoms with Crippen LogP contribution in [0.15, 0.2) is 18.3 Å². The average molecular weight is 235 g/mol. The average Bonchev–Trinajstić information content (AvgIpc) is 2.22. The van der Waals surface area contributed by atoms with Gasteiger partial charge in [-0.1, -0.05) is 0 Å². The molecule has 1 fully saturated rings. The smallest absolute Gasteiger partial charge is 0.303 e. The van der Waals surface area contributed by atoms with E-state index in [9.17, 15) is 9.59 Å². The largest absolute Gasteiger partial charge is 0.481 e. The fourth-order valence-corrected chi connectivity index (χ4v) is 1.91. The van der Waals surface area contributed by atoms with Crippen LogP contribution in [0.25, 0.3) is 0 Å². The molecule has 0 atom stereocenters. The molecule has 0 saturated carbocycles. The molecule has 0 aromatic carbocycles. The number of anilines is 1. The molecule has 1 aliphatic heterocycles. The first kappa shape index (κ1) is 11.4. The molecule has 0 spiro atoms. The number of primary amides is 1. The van der Waals surface area contributed by atoms with Gasteiger partial charge < -0.3 is 15.7 Å². The Morgan fingerprint density at radius 1 is 1.53 bits per heavy atom. The van der Waals surface area contributed by atoms with Gasteiger partial charge >= 0.3 is 5.97 Å². The summed E-state index contributed by atoms with van der Waals surface area (Å²) in [5, 5.41) is 8.63. The van der Waals surface area contributed by atoms with Crippen molar-refractivity contribution in [3.63, 3.8) is 0 Å². The van der Waals surface area contributed by atoms with Crippen LogP contribution in [0, 0.1) is 5.92 Å². The third kappa shape index (κ3) is 2.52. The number of carbonyl (C=O) groups is 2. The molecule has 17 heavy (non-hydrogen) atoms. The molecule has 6 heteroatoms. The van der Waals surface area contributed by atoms with Crippen molar-refractivity contribution in [1.82, 2.24) is 4.98 Å². The Morgan fingerprint density at radius 3 is 2.82 bits per heavy atom. The van der Waals surface area contributed by atoms with Gasteiger partial charge in [-0.15, -0.1) is 0 Å². The molecule has 0 unspecified atom stereocenters. The molecule has 1 amide bonds. The second kappa shape index (κ2) is 4.40. The monoisotopic (exact) mass is 235 g/mol. The number of rotatable bonds is 4. The molecule has 0 radical (unpaired) electrons. The summed E-state index contributed by atoms with van der Waals surface area (Å²) in [6, 6.07) is 3.41. The normalized spacial score (nSPS) is 15.4. The van der Waals surface area contributed by atoms with Crippen molar-refractivity contribution >= 4 is 17.6 Å². The standard InChI is InChI=1S/C11H13N3O3/c12-11(17)9-4-8(1-2-13-9)14-5-7(6-14)3-10(15)16/h1-2,4,7H,3,5-6H2,(H2,12,17)(H,15,16). The topological polar surface area (TPSA) is 96.5 Å². The third-order valence-corrected chi connectivity index (χ3v) is 2.78. The second-order valence-corrected chi connectivity index (χ2v) is 4.13. The molecule has 3 N–H and O–H groups in total. The molecular weight excluding hydrogens is 222 g/mol. The first-order chi connectivity index (χ1) is 8.06. The molecule has 0 aliphatic carbocycles. The first-order valence-electron chi connectivity index (χ1n) is 5.29. The number of aliphatic carboxylic acids is 1. The highest BCUT2D eigenvalue weighted by Gasteiger charge is 2.28. The van der Waals surface area contributed by atoms with Crippen molar-refractivity contribution in [2.45, 2.75) is 6.42 Å². The summed E-state index contributed by atoms with van der Waals surface area (Å²) in [6.07, 6.45) is 1.71. The molecular formula is C11H13N3O3. The molecule has 1 aliphatic rings. The zero-order valence-electron chi connectivity index (χ0n) is 9.17. The van der Waals surface area contributed by atoms with Gasteiger partial charge in [0.1, 0.15) is 5.69 Å². The zero-order chi connectivity index (χ0) is 12.4. The van der Waals surface area contributed by atoms with Crippen LogP contribution >= 0.6 is 0 Å². The van der Waals surface area contributed by atoms with Gasteiger partial charge in [0, 0.05) is 30.9 Å². The SMILES string of the molecule is NC(=O)c1cc(N2CC(CC(=O)O)C2)ccn1. The van der Waals surface area contributed by atoms with Crippen molar-refractivity contribution < 1.29 is 14.7 Å². The molecule has 90 valence electrons. The van der Waals surface area contributed by atoms with E-state index in [1.807, 2.05) is 4.90 Å². The molecule has 1 saturated heterocycles. The number of hydrogen-bond donors (Lipinski definition) is 2. The van der Waals surface area contributed by atoms with E-state index in [2.05, 4.69) is 4.98 Å². The third-order valence-electron chi connectivity index (χ3n) is 2.78. The molecule has 0 bridgehead atoms. The minimum Gasteiger partial charge on any atom is -0.481 e. The van der Waals surface area contributed by atoms with Crippen molar-refractivity contribution in [3.05, 3.63) is 24.0 Å². The van der Waals surface area contributed by atoms with Crippen LogP contribution in [0.3, 0.4) is 0 Å². The van der Waals surface area contributed by atoms with Gasteiger partial charge in [0.2, 0.25) is 0 Å². The number of carbonyl (C=O) groups excluding carboxylic acids is 1. The highest BCUT2D eigenvalue weighted by molar-refractivity contribution is 5.91. The second-order valence-electron chi connectivity index (χ2n) is 4.13. The summed E-state index contributed by atoms with van der Waals surface area (Å²) in [6.45, 7) is 1.38. The van der Waals surface area contributed by atoms with E-state index in [4.69, 9.17) is 10.8 Å². The minimum absolute atomic E-state index is 0.178. The molecule has 2 rings (SSSR count). The lowest BCUT2D eigenvalue weighted by molar-refractivity contribution is -0.138. The van der Waals surface area contributed by atoms with Crippen LogP contribution < -0.4 is 10.6 Å². The van der Waals surface area contributed by atoms with Gasteiger partial charge in [-0.25, -0.2) is 0 Å². The quantitative estimate of drug-likeness (QED) is 0.771. The van der Waals surface area contributed by atoms with E-state index < -0.39 is 11.9 Å². The lowest BCUT2D eigenvalue weighted by Gasteiger charge is -2.40. The van der Waals surface area contributed by atoms with E-state index >= 15 is 0 Å². The van der Waals surface area contributed by atoms with Gasteiger partial charge in [0.25, 0.3) is 5.91 Å². The summed E-state index contributed by atoms with van der Waals surface area (Å²) in [5.41, 5.74) is 6.22. The summed E-state index contributed by atoms with van der Waals surface area (Å²) < 4.78 is 0. The Bertz CT molecular complexity index is 455. The summed E-state index contributed by atoms with van der Waals surface area (Å²) in [7, 11) is 0. The number of nitrogens with two attached hydrogens (primary N) is 1. The highest BCUT2D eigenvalue weighted by atomic mass is 16.4. The molecule has 1 aromatic rings. The van der Waals surface area contributed by atoms with Crippen LogP contribution in [0.1, 0.15) is 16.9 Å². The van der Waals surface area contributed by atoms with Gasteiger partial charge in [-0.05, 0) is 12.1 Å². The van der Waals surface area contributed by atoms with E-state index in [1.54, 1.807) is 12.1 Å².